The van der Waals surface area contributed by atoms with Gasteiger partial charge in [0.05, 0.1) is 6.54 Å². The van der Waals surface area contributed by atoms with Gasteiger partial charge in [-0.15, -0.1) is 0 Å². The molecule has 0 aromatic carbocycles. The maximum absolute atomic E-state index is 11.2. The topological polar surface area (TPSA) is 91.7 Å². The van der Waals surface area contributed by atoms with E-state index in [-0.39, 0.29) is 12.4 Å². The molecule has 6 heteroatoms. The average Bonchev–Trinajstić information content (AvgIpc) is 2.99. The molecule has 1 amide bonds. The molecule has 1 aromatic heterocycles. The summed E-state index contributed by atoms with van der Waals surface area (Å²) in [6.45, 7) is 2.92. The fraction of sp³-hybridized carbons (Fsp3) is 0.583. The van der Waals surface area contributed by atoms with Crippen molar-refractivity contribution in [3.63, 3.8) is 0 Å². The second-order valence-corrected chi connectivity index (χ2v) is 4.64. The second kappa shape index (κ2) is 5.99. The predicted octanol–water partition coefficient (Wildman–Crippen LogP) is 0.0874. The molecule has 0 spiro atoms. The summed E-state index contributed by atoms with van der Waals surface area (Å²) in [4.78, 5) is 13.5. The van der Waals surface area contributed by atoms with Gasteiger partial charge in [-0.05, 0) is 37.4 Å². The predicted molar refractivity (Wildman–Crippen MR) is 65.4 cm³/mol. The Morgan fingerprint density at radius 1 is 1.61 bits per heavy atom. The van der Waals surface area contributed by atoms with E-state index in [9.17, 15) is 4.79 Å². The summed E-state index contributed by atoms with van der Waals surface area (Å²) in [7, 11) is 0. The number of nitrogens with one attached hydrogen (secondary N) is 1. The van der Waals surface area contributed by atoms with Crippen molar-refractivity contribution in [2.24, 2.45) is 11.8 Å². The van der Waals surface area contributed by atoms with E-state index in [0.717, 1.165) is 31.7 Å². The summed E-state index contributed by atoms with van der Waals surface area (Å²) >= 11 is 0. The summed E-state index contributed by atoms with van der Waals surface area (Å²) in [6, 6.07) is 3.42. The van der Waals surface area contributed by atoms with Gasteiger partial charge in [-0.3, -0.25) is 15.1 Å². The number of hydrazine groups is 1. The van der Waals surface area contributed by atoms with E-state index in [4.69, 9.17) is 15.4 Å². The third-order valence-corrected chi connectivity index (χ3v) is 3.30. The fourth-order valence-corrected chi connectivity index (χ4v) is 2.35. The highest BCUT2D eigenvalue weighted by Crippen LogP contribution is 2.21. The van der Waals surface area contributed by atoms with Gasteiger partial charge in [-0.25, -0.2) is 5.84 Å². The Morgan fingerprint density at radius 2 is 2.44 bits per heavy atom. The maximum atomic E-state index is 11.2. The Balaban J connectivity index is 1.87. The van der Waals surface area contributed by atoms with E-state index in [1.165, 1.54) is 0 Å². The van der Waals surface area contributed by atoms with Crippen molar-refractivity contribution >= 4 is 5.91 Å². The molecule has 0 bridgehead atoms. The van der Waals surface area contributed by atoms with Gasteiger partial charge in [-0.1, -0.05) is 0 Å². The number of furan rings is 1. The van der Waals surface area contributed by atoms with Crippen LogP contribution in [0.4, 0.5) is 0 Å². The Kier molecular flexibility index (Phi) is 4.35. The summed E-state index contributed by atoms with van der Waals surface area (Å²) < 4.78 is 5.41. The highest BCUT2D eigenvalue weighted by molar-refractivity contribution is 5.90. The number of nitrogen functional groups attached to an aromatic ring is 1. The minimum Gasteiger partial charge on any atom is -0.455 e. The van der Waals surface area contributed by atoms with Crippen LogP contribution >= 0.6 is 0 Å². The molecule has 1 unspecified atom stereocenters. The zero-order valence-corrected chi connectivity index (χ0v) is 10.3. The zero-order valence-electron chi connectivity index (χ0n) is 10.3. The number of rotatable bonds is 5. The van der Waals surface area contributed by atoms with Crippen LogP contribution in [-0.4, -0.2) is 35.6 Å². The number of hydrogen-bond acceptors (Lipinski definition) is 5. The fourth-order valence-electron chi connectivity index (χ4n) is 2.35. The number of aliphatic hydroxyl groups excluding tert-OH is 1. The van der Waals surface area contributed by atoms with E-state index >= 15 is 0 Å². The minimum absolute atomic E-state index is 0.235. The monoisotopic (exact) mass is 253 g/mol. The maximum Gasteiger partial charge on any atom is 0.300 e. The number of nitrogens with two attached hydrogens (primary N) is 1. The van der Waals surface area contributed by atoms with Gasteiger partial charge in [0.25, 0.3) is 0 Å². The average molecular weight is 253 g/mol. The molecule has 1 saturated heterocycles. The molecule has 0 radical (unpaired) electrons. The Morgan fingerprint density at radius 3 is 3.17 bits per heavy atom. The van der Waals surface area contributed by atoms with Crippen LogP contribution < -0.4 is 11.3 Å². The Labute approximate surface area is 106 Å². The first kappa shape index (κ1) is 13.1. The van der Waals surface area contributed by atoms with E-state index < -0.39 is 5.91 Å². The summed E-state index contributed by atoms with van der Waals surface area (Å²) in [5.41, 5.74) is 2.04. The van der Waals surface area contributed by atoms with Crippen molar-refractivity contribution in [1.82, 2.24) is 10.3 Å². The molecular weight excluding hydrogens is 234 g/mol. The molecule has 1 atom stereocenters. The van der Waals surface area contributed by atoms with Gasteiger partial charge in [-0.2, -0.15) is 0 Å². The van der Waals surface area contributed by atoms with Crippen LogP contribution in [0.15, 0.2) is 16.5 Å². The van der Waals surface area contributed by atoms with Crippen LogP contribution in [0.2, 0.25) is 0 Å². The first-order chi connectivity index (χ1) is 8.72. The molecule has 1 aliphatic heterocycles. The zero-order chi connectivity index (χ0) is 13.0. The summed E-state index contributed by atoms with van der Waals surface area (Å²) in [6.07, 6.45) is 1.97. The molecule has 1 aliphatic rings. The van der Waals surface area contributed by atoms with Crippen molar-refractivity contribution in [1.29, 1.82) is 0 Å². The SMILES string of the molecule is NNC(=O)c1ccc(CN2CCC(CCO)C2)o1. The lowest BCUT2D eigenvalue weighted by Gasteiger charge is -2.13. The van der Waals surface area contributed by atoms with Crippen molar-refractivity contribution in [3.8, 4) is 0 Å². The van der Waals surface area contributed by atoms with E-state index in [0.29, 0.717) is 12.5 Å². The highest BCUT2D eigenvalue weighted by atomic mass is 16.4. The molecule has 2 heterocycles. The van der Waals surface area contributed by atoms with Gasteiger partial charge >= 0.3 is 5.91 Å². The van der Waals surface area contributed by atoms with Crippen molar-refractivity contribution in [3.05, 3.63) is 23.7 Å². The van der Waals surface area contributed by atoms with Crippen molar-refractivity contribution in [2.45, 2.75) is 19.4 Å². The third kappa shape index (κ3) is 3.10. The number of amides is 1. The normalized spacial score (nSPS) is 20.2. The summed E-state index contributed by atoms with van der Waals surface area (Å²) in [5.74, 6) is 6.18. The summed E-state index contributed by atoms with van der Waals surface area (Å²) in [5, 5.41) is 8.90. The van der Waals surface area contributed by atoms with Gasteiger partial charge in [0.15, 0.2) is 5.76 Å². The molecular formula is C12H19N3O3. The van der Waals surface area contributed by atoms with Crippen molar-refractivity contribution in [2.75, 3.05) is 19.7 Å². The largest absolute Gasteiger partial charge is 0.455 e. The van der Waals surface area contributed by atoms with Gasteiger partial charge in [0.2, 0.25) is 0 Å². The number of aliphatic hydroxyl groups is 1. The van der Waals surface area contributed by atoms with Crippen LogP contribution in [0, 0.1) is 5.92 Å². The van der Waals surface area contributed by atoms with E-state index in [1.54, 1.807) is 12.1 Å². The Hall–Kier alpha value is -1.37. The molecule has 0 saturated carbocycles. The minimum atomic E-state index is -0.416. The molecule has 6 nitrogen and oxygen atoms in total. The first-order valence-electron chi connectivity index (χ1n) is 6.15. The van der Waals surface area contributed by atoms with Crippen LogP contribution in [-0.2, 0) is 6.54 Å². The molecule has 1 fully saturated rings. The Bertz CT molecular complexity index is 405. The lowest BCUT2D eigenvalue weighted by atomic mass is 10.1. The quantitative estimate of drug-likeness (QED) is 0.393. The lowest BCUT2D eigenvalue weighted by molar-refractivity contribution is 0.0922. The third-order valence-electron chi connectivity index (χ3n) is 3.30. The molecule has 4 N–H and O–H groups in total. The van der Waals surface area contributed by atoms with Crippen molar-refractivity contribution < 1.29 is 14.3 Å². The van der Waals surface area contributed by atoms with Crippen LogP contribution in [0.25, 0.3) is 0 Å². The van der Waals surface area contributed by atoms with E-state index in [2.05, 4.69) is 4.90 Å². The van der Waals surface area contributed by atoms with Crippen LogP contribution in [0.3, 0.4) is 0 Å². The molecule has 0 aliphatic carbocycles. The number of carbonyl (C=O) groups excluding carboxylic acids is 1. The molecule has 18 heavy (non-hydrogen) atoms. The number of nitrogens with zero attached hydrogens (tertiary/aromatic N) is 1. The van der Waals surface area contributed by atoms with Gasteiger partial charge < -0.3 is 9.52 Å². The number of carbonyl (C=O) groups is 1. The highest BCUT2D eigenvalue weighted by Gasteiger charge is 2.23. The molecule has 1 aromatic rings. The molecule has 100 valence electrons. The second-order valence-electron chi connectivity index (χ2n) is 4.64. The molecule has 2 rings (SSSR count). The van der Waals surface area contributed by atoms with Crippen LogP contribution in [0.5, 0.6) is 0 Å². The van der Waals surface area contributed by atoms with Gasteiger partial charge in [0, 0.05) is 13.2 Å². The first-order valence-corrected chi connectivity index (χ1v) is 6.15. The smallest absolute Gasteiger partial charge is 0.300 e. The van der Waals surface area contributed by atoms with Gasteiger partial charge in [0.1, 0.15) is 5.76 Å². The number of likely N-dealkylation sites (tertiary alicyclic amines) is 1. The number of hydrogen-bond donors (Lipinski definition) is 3. The standard InChI is InChI=1S/C12H19N3O3/c13-14-12(17)11-2-1-10(18-11)8-15-5-3-9(7-15)4-6-16/h1-2,9,16H,3-8,13H2,(H,14,17). The van der Waals surface area contributed by atoms with Crippen LogP contribution in [0.1, 0.15) is 29.2 Å². The lowest BCUT2D eigenvalue weighted by Crippen LogP contribution is -2.29. The van der Waals surface area contributed by atoms with E-state index in [1.807, 2.05) is 5.43 Å².